The molecule has 0 radical (unpaired) electrons. The summed E-state index contributed by atoms with van der Waals surface area (Å²) in [6, 6.07) is 10.6. The summed E-state index contributed by atoms with van der Waals surface area (Å²) < 4.78 is 12.5. The Kier molecular flexibility index (Phi) is 8.75. The first-order valence-electron chi connectivity index (χ1n) is 8.80. The topological polar surface area (TPSA) is 88.0 Å². The fourth-order valence-electron chi connectivity index (χ4n) is 2.71. The second-order valence-electron chi connectivity index (χ2n) is 6.15. The summed E-state index contributed by atoms with van der Waals surface area (Å²) in [5.74, 6) is -0.0565. The van der Waals surface area contributed by atoms with Gasteiger partial charge in [0.15, 0.2) is 6.10 Å². The Bertz CT molecular complexity index is 792. The Morgan fingerprint density at radius 3 is 2.50 bits per heavy atom. The van der Waals surface area contributed by atoms with E-state index in [4.69, 9.17) is 9.47 Å². The van der Waals surface area contributed by atoms with Crippen molar-refractivity contribution in [3.8, 4) is 5.75 Å². The van der Waals surface area contributed by atoms with Gasteiger partial charge in [0.25, 0.3) is 0 Å². The average molecular weight is 517 g/mol. The van der Waals surface area contributed by atoms with Gasteiger partial charge in [0.2, 0.25) is 0 Å². The first-order valence-corrected chi connectivity index (χ1v) is 10.4. The number of halogens is 2. The van der Waals surface area contributed by atoms with E-state index >= 15 is 0 Å². The molecule has 0 saturated heterocycles. The van der Waals surface area contributed by atoms with Crippen LogP contribution in [0.2, 0.25) is 0 Å². The summed E-state index contributed by atoms with van der Waals surface area (Å²) >= 11 is 6.67. The molecule has 3 N–H and O–H groups in total. The number of aryl methyl sites for hydroxylation is 1. The summed E-state index contributed by atoms with van der Waals surface area (Å²) in [7, 11) is 0. The molecule has 0 aliphatic heterocycles. The Labute approximate surface area is 181 Å². The zero-order valence-electron chi connectivity index (χ0n) is 15.6. The number of aliphatic hydroxyl groups is 1. The van der Waals surface area contributed by atoms with E-state index < -0.39 is 18.3 Å². The standard InChI is InChI=1S/C20H23Br2NO5/c1-3-27-17(8-9-24)19(15-10-13(21)11-16(22)18(15)25)28-20(26)23-14-6-4-12(2)5-7-14/h4-7,10-11,17,19,24-25H,3,8-9H2,1-2H3,(H,23,26)/t17-,19-/m0/s1. The minimum atomic E-state index is -0.925. The van der Waals surface area contributed by atoms with Crippen molar-refractivity contribution in [3.63, 3.8) is 0 Å². The van der Waals surface area contributed by atoms with E-state index in [2.05, 4.69) is 37.2 Å². The molecule has 2 aromatic carbocycles. The molecule has 0 aliphatic carbocycles. The third kappa shape index (κ3) is 6.20. The fraction of sp³-hybridized carbons (Fsp3) is 0.350. The molecule has 0 fully saturated rings. The second-order valence-corrected chi connectivity index (χ2v) is 7.92. The van der Waals surface area contributed by atoms with Gasteiger partial charge in [-0.05, 0) is 54.0 Å². The van der Waals surface area contributed by atoms with Crippen LogP contribution in [0.1, 0.15) is 30.6 Å². The molecule has 152 valence electrons. The van der Waals surface area contributed by atoms with E-state index in [1.165, 1.54) is 0 Å². The third-order valence-electron chi connectivity index (χ3n) is 4.03. The van der Waals surface area contributed by atoms with Gasteiger partial charge in [-0.2, -0.15) is 0 Å². The van der Waals surface area contributed by atoms with Crippen LogP contribution in [0.4, 0.5) is 10.5 Å². The lowest BCUT2D eigenvalue weighted by Gasteiger charge is -2.28. The summed E-state index contributed by atoms with van der Waals surface area (Å²) in [5, 5.41) is 22.6. The van der Waals surface area contributed by atoms with Crippen LogP contribution in [0.5, 0.6) is 5.75 Å². The minimum absolute atomic E-state index is 0.0565. The zero-order chi connectivity index (χ0) is 20.7. The predicted octanol–water partition coefficient (Wildman–Crippen LogP) is 5.30. The van der Waals surface area contributed by atoms with Crippen LogP contribution in [0.25, 0.3) is 0 Å². The Hall–Kier alpha value is -1.61. The molecule has 0 spiro atoms. The Morgan fingerprint density at radius 2 is 1.89 bits per heavy atom. The normalized spacial score (nSPS) is 13.0. The van der Waals surface area contributed by atoms with Gasteiger partial charge in [-0.3, -0.25) is 5.32 Å². The zero-order valence-corrected chi connectivity index (χ0v) is 18.8. The number of phenols is 1. The number of aliphatic hydroxyl groups excluding tert-OH is 1. The van der Waals surface area contributed by atoms with E-state index in [1.54, 1.807) is 24.3 Å². The van der Waals surface area contributed by atoms with Crippen molar-refractivity contribution < 1.29 is 24.5 Å². The van der Waals surface area contributed by atoms with Crippen LogP contribution >= 0.6 is 31.9 Å². The van der Waals surface area contributed by atoms with Crippen LogP contribution in [0.3, 0.4) is 0 Å². The number of benzene rings is 2. The van der Waals surface area contributed by atoms with Gasteiger partial charge in [-0.25, -0.2) is 4.79 Å². The number of nitrogens with one attached hydrogen (secondary N) is 1. The molecule has 0 unspecified atom stereocenters. The van der Waals surface area contributed by atoms with Gasteiger partial charge in [-0.1, -0.05) is 33.6 Å². The van der Waals surface area contributed by atoms with Gasteiger partial charge in [0.05, 0.1) is 4.47 Å². The summed E-state index contributed by atoms with van der Waals surface area (Å²) in [6.45, 7) is 3.97. The molecule has 28 heavy (non-hydrogen) atoms. The Balaban J connectivity index is 2.32. The summed E-state index contributed by atoms with van der Waals surface area (Å²) in [4.78, 5) is 12.5. The average Bonchev–Trinajstić information content (AvgIpc) is 2.65. The lowest BCUT2D eigenvalue weighted by atomic mass is 10.0. The quantitative estimate of drug-likeness (QED) is 0.443. The highest BCUT2D eigenvalue weighted by Gasteiger charge is 2.31. The number of aromatic hydroxyl groups is 1. The van der Waals surface area contributed by atoms with Crippen LogP contribution in [-0.2, 0) is 9.47 Å². The highest BCUT2D eigenvalue weighted by atomic mass is 79.9. The molecule has 2 atom stereocenters. The van der Waals surface area contributed by atoms with Gasteiger partial charge in [0, 0.05) is 35.4 Å². The highest BCUT2D eigenvalue weighted by Crippen LogP contribution is 2.39. The van der Waals surface area contributed by atoms with Crippen LogP contribution in [0, 0.1) is 6.92 Å². The van der Waals surface area contributed by atoms with Crippen molar-refractivity contribution in [2.75, 3.05) is 18.5 Å². The van der Waals surface area contributed by atoms with Crippen molar-refractivity contribution in [1.29, 1.82) is 0 Å². The lowest BCUT2D eigenvalue weighted by Crippen LogP contribution is -2.30. The highest BCUT2D eigenvalue weighted by molar-refractivity contribution is 9.11. The number of phenolic OH excluding ortho intramolecular Hbond substituents is 1. The monoisotopic (exact) mass is 515 g/mol. The molecule has 0 heterocycles. The molecule has 2 rings (SSSR count). The fourth-order valence-corrected chi connectivity index (χ4v) is 3.96. The number of hydrogen-bond acceptors (Lipinski definition) is 5. The molecule has 0 saturated carbocycles. The van der Waals surface area contributed by atoms with Gasteiger partial charge in [0.1, 0.15) is 11.9 Å². The van der Waals surface area contributed by atoms with Crippen LogP contribution < -0.4 is 5.32 Å². The maximum atomic E-state index is 12.5. The number of carbonyl (C=O) groups is 1. The predicted molar refractivity (Wildman–Crippen MR) is 115 cm³/mol. The van der Waals surface area contributed by atoms with Crippen molar-refractivity contribution in [2.24, 2.45) is 0 Å². The third-order valence-corrected chi connectivity index (χ3v) is 5.09. The van der Waals surface area contributed by atoms with E-state index in [1.807, 2.05) is 26.0 Å². The van der Waals surface area contributed by atoms with Gasteiger partial charge in [-0.15, -0.1) is 0 Å². The molecule has 2 aromatic rings. The van der Waals surface area contributed by atoms with E-state index in [9.17, 15) is 15.0 Å². The molecule has 8 heteroatoms. The van der Waals surface area contributed by atoms with Crippen molar-refractivity contribution >= 4 is 43.6 Å². The van der Waals surface area contributed by atoms with E-state index in [-0.39, 0.29) is 18.8 Å². The van der Waals surface area contributed by atoms with Gasteiger partial charge >= 0.3 is 6.09 Å². The number of rotatable bonds is 8. The first kappa shape index (κ1) is 22.7. The number of carbonyl (C=O) groups excluding carboxylic acids is 1. The molecular formula is C20H23Br2NO5. The maximum Gasteiger partial charge on any atom is 0.412 e. The smallest absolute Gasteiger partial charge is 0.412 e. The van der Waals surface area contributed by atoms with Crippen molar-refractivity contribution in [3.05, 3.63) is 56.5 Å². The SMILES string of the molecule is CCO[C@@H](CCO)[C@@H](OC(=O)Nc1ccc(C)cc1)c1cc(Br)cc(Br)c1O. The molecule has 0 bridgehead atoms. The summed E-state index contributed by atoms with van der Waals surface area (Å²) in [6.07, 6.45) is -2.01. The Morgan fingerprint density at radius 1 is 1.21 bits per heavy atom. The van der Waals surface area contributed by atoms with E-state index in [0.29, 0.717) is 26.8 Å². The lowest BCUT2D eigenvalue weighted by molar-refractivity contribution is -0.0491. The second kappa shape index (κ2) is 10.8. The number of amides is 1. The van der Waals surface area contributed by atoms with Crippen LogP contribution in [0.15, 0.2) is 45.3 Å². The van der Waals surface area contributed by atoms with Crippen molar-refractivity contribution in [1.82, 2.24) is 0 Å². The summed E-state index contributed by atoms with van der Waals surface area (Å²) in [5.41, 5.74) is 2.02. The number of hydrogen-bond donors (Lipinski definition) is 3. The first-order chi connectivity index (χ1) is 13.3. The minimum Gasteiger partial charge on any atom is -0.506 e. The molecule has 6 nitrogen and oxygen atoms in total. The molecule has 1 amide bonds. The van der Waals surface area contributed by atoms with E-state index in [0.717, 1.165) is 5.56 Å². The number of anilines is 1. The van der Waals surface area contributed by atoms with Crippen molar-refractivity contribution in [2.45, 2.75) is 32.5 Å². The molecular weight excluding hydrogens is 494 g/mol. The molecule has 0 aromatic heterocycles. The van der Waals surface area contributed by atoms with Gasteiger partial charge < -0.3 is 19.7 Å². The maximum absolute atomic E-state index is 12.5. The number of ether oxygens (including phenoxy) is 2. The largest absolute Gasteiger partial charge is 0.506 e. The molecule has 0 aliphatic rings. The van der Waals surface area contributed by atoms with Crippen LogP contribution in [-0.4, -0.2) is 35.6 Å².